The summed E-state index contributed by atoms with van der Waals surface area (Å²) in [5, 5.41) is 2.67. The Kier molecular flexibility index (Phi) is 2.88. The molecule has 2 N–H and O–H groups in total. The second kappa shape index (κ2) is 3.21. The number of ketones is 1. The van der Waals surface area contributed by atoms with Gasteiger partial charge in [0.25, 0.3) is 0 Å². The predicted molar refractivity (Wildman–Crippen MR) is 32.7 cm³/mol. The Morgan fingerprint density at radius 3 is 2.50 bits per heavy atom. The average Bonchev–Trinajstić information content (AvgIpc) is 1.84. The van der Waals surface area contributed by atoms with Crippen molar-refractivity contribution in [1.29, 1.82) is 0 Å². The van der Waals surface area contributed by atoms with Crippen LogP contribution in [0.1, 0.15) is 0 Å². The number of nitrogens with zero attached hydrogens (tertiary/aromatic N) is 1. The number of carbonyl (C=O) groups excluding carboxylic acids is 1. The molecule has 0 aliphatic heterocycles. The monoisotopic (exact) mass is 132 g/mol. The molecule has 4 heteroatoms. The van der Waals surface area contributed by atoms with E-state index < -0.39 is 5.78 Å². The molecule has 3 nitrogen and oxygen atoms in total. The van der Waals surface area contributed by atoms with Gasteiger partial charge in [-0.3, -0.25) is 4.79 Å². The minimum absolute atomic E-state index is 0.250. The summed E-state index contributed by atoms with van der Waals surface area (Å²) in [5.74, 6) is 4.17. The van der Waals surface area contributed by atoms with E-state index in [9.17, 15) is 4.79 Å². The van der Waals surface area contributed by atoms with Gasteiger partial charge < -0.3 is 5.84 Å². The fourth-order valence-corrected chi connectivity index (χ4v) is 0.225. The van der Waals surface area contributed by atoms with Gasteiger partial charge in [0.1, 0.15) is 0 Å². The van der Waals surface area contributed by atoms with Crippen LogP contribution in [0.5, 0.6) is 0 Å². The predicted octanol–water partition coefficient (Wildman–Crippen LogP) is 0.253. The molecule has 0 spiro atoms. The van der Waals surface area contributed by atoms with Crippen LogP contribution in [-0.2, 0) is 4.79 Å². The Morgan fingerprint density at radius 2 is 2.38 bits per heavy atom. The number of rotatable bonds is 2. The van der Waals surface area contributed by atoms with Crippen LogP contribution in [0.4, 0.5) is 0 Å². The van der Waals surface area contributed by atoms with Gasteiger partial charge >= 0.3 is 0 Å². The van der Waals surface area contributed by atoms with Gasteiger partial charge in [-0.05, 0) is 6.08 Å². The summed E-state index contributed by atoms with van der Waals surface area (Å²) in [7, 11) is 0. The van der Waals surface area contributed by atoms with Crippen LogP contribution in [0.15, 0.2) is 17.8 Å². The van der Waals surface area contributed by atoms with Gasteiger partial charge in [0.05, 0.1) is 0 Å². The molecular formula is C4H5ClN2O. The standard InChI is InChI=1S/C4H5ClN2O/c1-2-3(8)4(5)7-6/h2H,1,6H2/b7-4+. The largest absolute Gasteiger partial charge is 0.322 e. The molecule has 0 atom stereocenters. The van der Waals surface area contributed by atoms with E-state index in [1.807, 2.05) is 0 Å². The molecule has 0 unspecified atom stereocenters. The highest BCUT2D eigenvalue weighted by Gasteiger charge is 1.99. The Balaban J connectivity index is 4.03. The fraction of sp³-hybridized carbons (Fsp3) is 0. The Hall–Kier alpha value is -0.830. The molecule has 0 saturated heterocycles. The molecule has 0 aromatic heterocycles. The lowest BCUT2D eigenvalue weighted by molar-refractivity contribution is -0.108. The number of hydrazone groups is 1. The first-order valence-electron chi connectivity index (χ1n) is 1.82. The Morgan fingerprint density at radius 1 is 1.88 bits per heavy atom. The SMILES string of the molecule is C=CC(=O)/C(Cl)=N\N. The quantitative estimate of drug-likeness (QED) is 0.254. The molecule has 0 saturated carbocycles. The lowest BCUT2D eigenvalue weighted by Gasteiger charge is -1.82. The van der Waals surface area contributed by atoms with Gasteiger partial charge in [0, 0.05) is 0 Å². The highest BCUT2D eigenvalue weighted by molar-refractivity contribution is 6.84. The third kappa shape index (κ3) is 1.75. The zero-order valence-electron chi connectivity index (χ0n) is 4.10. The van der Waals surface area contributed by atoms with Crippen molar-refractivity contribution in [1.82, 2.24) is 0 Å². The molecule has 8 heavy (non-hydrogen) atoms. The smallest absolute Gasteiger partial charge is 0.216 e. The van der Waals surface area contributed by atoms with Gasteiger partial charge in [-0.1, -0.05) is 18.2 Å². The zero-order valence-corrected chi connectivity index (χ0v) is 4.85. The average molecular weight is 133 g/mol. The van der Waals surface area contributed by atoms with E-state index in [1.54, 1.807) is 0 Å². The molecule has 0 aliphatic rings. The van der Waals surface area contributed by atoms with Crippen molar-refractivity contribution in [2.45, 2.75) is 0 Å². The Labute approximate surface area is 51.8 Å². The fourth-order valence-electron chi connectivity index (χ4n) is 0.148. The summed E-state index contributed by atoms with van der Waals surface area (Å²) in [4.78, 5) is 10.3. The van der Waals surface area contributed by atoms with Gasteiger partial charge in [0.15, 0.2) is 5.17 Å². The molecule has 0 fully saturated rings. The molecule has 0 rings (SSSR count). The molecule has 0 aromatic rings. The maximum Gasteiger partial charge on any atom is 0.216 e. The highest BCUT2D eigenvalue weighted by atomic mass is 35.5. The van der Waals surface area contributed by atoms with E-state index in [0.717, 1.165) is 6.08 Å². The third-order valence-electron chi connectivity index (χ3n) is 0.502. The van der Waals surface area contributed by atoms with E-state index in [1.165, 1.54) is 0 Å². The lowest BCUT2D eigenvalue weighted by atomic mass is 10.4. The number of nitrogens with two attached hydrogens (primary N) is 1. The number of halogens is 1. The first kappa shape index (κ1) is 7.17. The lowest BCUT2D eigenvalue weighted by Crippen LogP contribution is -2.04. The molecule has 0 aromatic carbocycles. The third-order valence-corrected chi connectivity index (χ3v) is 0.786. The second-order valence-corrected chi connectivity index (χ2v) is 1.35. The second-order valence-electron chi connectivity index (χ2n) is 0.988. The Bertz CT molecular complexity index is 141. The molecular weight excluding hydrogens is 128 g/mol. The molecule has 44 valence electrons. The topological polar surface area (TPSA) is 55.5 Å². The minimum atomic E-state index is -0.464. The molecule has 0 heterocycles. The van der Waals surface area contributed by atoms with Crippen LogP contribution in [0.3, 0.4) is 0 Å². The van der Waals surface area contributed by atoms with Crippen molar-refractivity contribution in [3.63, 3.8) is 0 Å². The van der Waals surface area contributed by atoms with Crippen molar-refractivity contribution in [2.75, 3.05) is 0 Å². The molecule has 0 amide bonds. The summed E-state index contributed by atoms with van der Waals surface area (Å²) in [6.45, 7) is 3.16. The van der Waals surface area contributed by atoms with Crippen LogP contribution in [0.25, 0.3) is 0 Å². The van der Waals surface area contributed by atoms with Crippen molar-refractivity contribution in [2.24, 2.45) is 10.9 Å². The molecule has 0 bridgehead atoms. The maximum atomic E-state index is 10.3. The zero-order chi connectivity index (χ0) is 6.57. The van der Waals surface area contributed by atoms with E-state index in [2.05, 4.69) is 17.5 Å². The van der Waals surface area contributed by atoms with Crippen LogP contribution < -0.4 is 5.84 Å². The van der Waals surface area contributed by atoms with Gasteiger partial charge in [-0.2, -0.15) is 5.10 Å². The van der Waals surface area contributed by atoms with E-state index in [4.69, 9.17) is 11.6 Å². The summed E-state index contributed by atoms with van der Waals surface area (Å²) < 4.78 is 0. The van der Waals surface area contributed by atoms with Gasteiger partial charge in [-0.15, -0.1) is 0 Å². The van der Waals surface area contributed by atoms with E-state index in [0.29, 0.717) is 0 Å². The number of carbonyl (C=O) groups is 1. The summed E-state index contributed by atoms with van der Waals surface area (Å²) in [5.41, 5.74) is 0. The number of allylic oxidation sites excluding steroid dienone is 1. The van der Waals surface area contributed by atoms with Crippen molar-refractivity contribution < 1.29 is 4.79 Å². The van der Waals surface area contributed by atoms with Crippen LogP contribution in [-0.4, -0.2) is 11.0 Å². The highest BCUT2D eigenvalue weighted by Crippen LogP contribution is 1.85. The minimum Gasteiger partial charge on any atom is -0.322 e. The van der Waals surface area contributed by atoms with E-state index in [-0.39, 0.29) is 5.17 Å². The summed E-state index contributed by atoms with van der Waals surface area (Å²) in [6.07, 6.45) is 1.04. The summed E-state index contributed by atoms with van der Waals surface area (Å²) >= 11 is 5.12. The van der Waals surface area contributed by atoms with Crippen LogP contribution in [0, 0.1) is 0 Å². The first-order valence-corrected chi connectivity index (χ1v) is 2.20. The maximum absolute atomic E-state index is 10.3. The van der Waals surface area contributed by atoms with Crippen LogP contribution >= 0.6 is 11.6 Å². The van der Waals surface area contributed by atoms with Gasteiger partial charge in [0.2, 0.25) is 5.78 Å². The number of hydrogen-bond acceptors (Lipinski definition) is 3. The molecule has 0 radical (unpaired) electrons. The first-order chi connectivity index (χ1) is 3.72. The van der Waals surface area contributed by atoms with Crippen molar-refractivity contribution >= 4 is 22.6 Å². The number of hydrogen-bond donors (Lipinski definition) is 1. The van der Waals surface area contributed by atoms with Gasteiger partial charge in [-0.25, -0.2) is 0 Å². The molecule has 0 aliphatic carbocycles. The van der Waals surface area contributed by atoms with Crippen molar-refractivity contribution in [3.05, 3.63) is 12.7 Å². The summed E-state index contributed by atoms with van der Waals surface area (Å²) in [6, 6.07) is 0. The van der Waals surface area contributed by atoms with Crippen LogP contribution in [0.2, 0.25) is 0 Å². The van der Waals surface area contributed by atoms with Crippen molar-refractivity contribution in [3.8, 4) is 0 Å². The normalized spacial score (nSPS) is 10.9. The van der Waals surface area contributed by atoms with E-state index >= 15 is 0 Å².